The second-order valence-electron chi connectivity index (χ2n) is 5.36. The molecule has 2 rings (SSSR count). The normalized spacial score (nSPS) is 11.0. The van der Waals surface area contributed by atoms with E-state index >= 15 is 0 Å². The molecule has 0 fully saturated rings. The quantitative estimate of drug-likeness (QED) is 0.208. The number of halogens is 1. The lowest BCUT2D eigenvalue weighted by Crippen LogP contribution is -2.13. The highest BCUT2D eigenvalue weighted by atomic mass is 35.5. The molecule has 1 amide bonds. The molecule has 144 valence electrons. The molecule has 11 heteroatoms. The number of benzene rings is 2. The molecule has 8 nitrogen and oxygen atoms in total. The number of nitrogens with one attached hydrogen (secondary N) is 1. The van der Waals surface area contributed by atoms with E-state index in [1.165, 1.54) is 36.4 Å². The van der Waals surface area contributed by atoms with Gasteiger partial charge in [-0.1, -0.05) is 12.1 Å². The number of anilines is 2. The van der Waals surface area contributed by atoms with E-state index in [0.717, 1.165) is 6.07 Å². The molecule has 0 aliphatic rings. The topological polar surface area (TPSA) is 144 Å². The van der Waals surface area contributed by atoms with Crippen molar-refractivity contribution in [3.63, 3.8) is 0 Å². The van der Waals surface area contributed by atoms with Crippen LogP contribution >= 0.6 is 11.6 Å². The Balaban J connectivity index is 2.22. The molecule has 2 aromatic carbocycles. The molecule has 0 aromatic heterocycles. The second-order valence-corrected chi connectivity index (χ2v) is 8.09. The maximum Gasteiger partial charge on any atom is 0.296 e. The maximum absolute atomic E-state index is 12.3. The van der Waals surface area contributed by atoms with Gasteiger partial charge >= 0.3 is 0 Å². The van der Waals surface area contributed by atoms with Crippen LogP contribution in [0.4, 0.5) is 11.4 Å². The Labute approximate surface area is 162 Å². The Morgan fingerprint density at radius 1 is 1.11 bits per heavy atom. The number of nitrogen functional groups attached to an aromatic ring is 1. The third kappa shape index (κ3) is 5.30. The molecule has 0 saturated carbocycles. The van der Waals surface area contributed by atoms with Crippen molar-refractivity contribution < 1.29 is 26.2 Å². The molecule has 0 heterocycles. The van der Waals surface area contributed by atoms with Crippen LogP contribution in [0, 0.1) is 0 Å². The zero-order valence-corrected chi connectivity index (χ0v) is 16.1. The summed E-state index contributed by atoms with van der Waals surface area (Å²) < 4.78 is 53.7. The number of carbonyl (C=O) groups excluding carboxylic acids is 1. The van der Waals surface area contributed by atoms with Crippen molar-refractivity contribution in [1.82, 2.24) is 0 Å². The van der Waals surface area contributed by atoms with Gasteiger partial charge in [-0.25, -0.2) is 0 Å². The number of nitrogens with two attached hydrogens (primary N) is 1. The van der Waals surface area contributed by atoms with Gasteiger partial charge < -0.3 is 11.1 Å². The summed E-state index contributed by atoms with van der Waals surface area (Å²) in [6, 6.07) is 9.41. The molecular weight excluding hydrogens is 416 g/mol. The number of alkyl halides is 1. The Kier molecular flexibility index (Phi) is 6.60. The van der Waals surface area contributed by atoms with Crippen LogP contribution in [0.3, 0.4) is 0 Å². The van der Waals surface area contributed by atoms with Crippen molar-refractivity contribution in [2.45, 2.75) is 11.3 Å². The average Bonchev–Trinajstić information content (AvgIpc) is 2.58. The molecule has 0 aliphatic heterocycles. The first kappa shape index (κ1) is 20.9. The molecule has 0 aliphatic carbocycles. The average molecular weight is 431 g/mol. The zero-order chi connectivity index (χ0) is 20.2. The van der Waals surface area contributed by atoms with E-state index in [9.17, 15) is 21.6 Å². The van der Waals surface area contributed by atoms with Crippen LogP contribution in [0.15, 0.2) is 47.4 Å². The molecule has 27 heavy (non-hydrogen) atoms. The van der Waals surface area contributed by atoms with Crippen molar-refractivity contribution in [3.05, 3.63) is 53.6 Å². The molecule has 2 aromatic rings. The fraction of sp³-hybridized carbons (Fsp3) is 0.125. The van der Waals surface area contributed by atoms with E-state index in [4.69, 9.17) is 21.9 Å². The van der Waals surface area contributed by atoms with E-state index in [1.807, 2.05) is 0 Å². The van der Waals surface area contributed by atoms with Crippen LogP contribution in [0.2, 0.25) is 0 Å². The minimum absolute atomic E-state index is 0.144. The van der Waals surface area contributed by atoms with Crippen LogP contribution in [0.25, 0.3) is 0 Å². The number of amides is 1. The number of carbonyl (C=O) groups is 1. The van der Waals surface area contributed by atoms with Gasteiger partial charge in [-0.3, -0.25) is 9.35 Å². The largest absolute Gasteiger partial charge is 0.398 e. The highest BCUT2D eigenvalue weighted by Crippen LogP contribution is 2.22. The van der Waals surface area contributed by atoms with Crippen molar-refractivity contribution in [1.29, 1.82) is 0 Å². The predicted octanol–water partition coefficient (Wildman–Crippen LogP) is 1.80. The molecule has 0 bridgehead atoms. The van der Waals surface area contributed by atoms with Crippen LogP contribution in [0.5, 0.6) is 0 Å². The van der Waals surface area contributed by atoms with E-state index in [1.54, 1.807) is 0 Å². The van der Waals surface area contributed by atoms with E-state index < -0.39 is 31.2 Å². The molecule has 0 atom stereocenters. The highest BCUT2D eigenvalue weighted by Gasteiger charge is 2.15. The molecular formula is C16H15ClN2O6S2. The summed E-state index contributed by atoms with van der Waals surface area (Å²) in [4.78, 5) is 12.0. The van der Waals surface area contributed by atoms with Crippen molar-refractivity contribution in [2.24, 2.45) is 0 Å². The summed E-state index contributed by atoms with van der Waals surface area (Å²) in [5.74, 6) is -0.366. The second kappa shape index (κ2) is 8.53. The fourth-order valence-corrected chi connectivity index (χ4v) is 3.78. The SMILES string of the molecule is Nc1cc(NC(=O)c2ccc(C(CCCl)=S(=O)=O)cc2)ccc1S(=O)(=O)O. The minimum Gasteiger partial charge on any atom is -0.398 e. The smallest absolute Gasteiger partial charge is 0.296 e. The number of rotatable bonds is 6. The van der Waals surface area contributed by atoms with Crippen LogP contribution in [0.1, 0.15) is 22.3 Å². The van der Waals surface area contributed by atoms with Gasteiger partial charge in [0.2, 0.25) is 10.3 Å². The zero-order valence-electron chi connectivity index (χ0n) is 13.7. The van der Waals surface area contributed by atoms with Gasteiger partial charge in [0.1, 0.15) is 4.90 Å². The van der Waals surface area contributed by atoms with Crippen molar-refractivity contribution >= 4 is 54.2 Å². The van der Waals surface area contributed by atoms with Gasteiger partial charge in [0.15, 0.2) is 0 Å². The number of hydrogen-bond donors (Lipinski definition) is 3. The lowest BCUT2D eigenvalue weighted by Gasteiger charge is -2.09. The maximum atomic E-state index is 12.3. The van der Waals surface area contributed by atoms with Gasteiger partial charge in [0.05, 0.1) is 10.6 Å². The third-order valence-electron chi connectivity index (χ3n) is 3.54. The minimum atomic E-state index is -4.46. The first-order valence-corrected chi connectivity index (χ1v) is 10.5. The summed E-state index contributed by atoms with van der Waals surface area (Å²) in [6.07, 6.45) is 0.169. The Bertz CT molecular complexity index is 1100. The van der Waals surface area contributed by atoms with Crippen LogP contribution < -0.4 is 11.1 Å². The lowest BCUT2D eigenvalue weighted by molar-refractivity contribution is 0.102. The van der Waals surface area contributed by atoms with Gasteiger partial charge in [0.25, 0.3) is 16.0 Å². The van der Waals surface area contributed by atoms with E-state index in [0.29, 0.717) is 5.56 Å². The fourth-order valence-electron chi connectivity index (χ4n) is 2.28. The van der Waals surface area contributed by atoms with Crippen LogP contribution in [-0.2, 0) is 20.4 Å². The molecule has 0 radical (unpaired) electrons. The first-order valence-electron chi connectivity index (χ1n) is 7.43. The summed E-state index contributed by atoms with van der Waals surface area (Å²) >= 11 is 5.59. The first-order chi connectivity index (χ1) is 12.6. The highest BCUT2D eigenvalue weighted by molar-refractivity contribution is 7.86. The van der Waals surface area contributed by atoms with Gasteiger partial charge in [-0.15, -0.1) is 11.6 Å². The third-order valence-corrected chi connectivity index (χ3v) is 5.50. The lowest BCUT2D eigenvalue weighted by atomic mass is 10.1. The summed E-state index contributed by atoms with van der Waals surface area (Å²) in [5, 5.41) is 2.53. The van der Waals surface area contributed by atoms with Crippen molar-refractivity contribution in [2.75, 3.05) is 16.9 Å². The Hall–Kier alpha value is -2.40. The molecule has 0 saturated heterocycles. The van der Waals surface area contributed by atoms with Gasteiger partial charge in [-0.05, 0) is 35.9 Å². The van der Waals surface area contributed by atoms with Crippen LogP contribution in [-0.4, -0.2) is 38.0 Å². The van der Waals surface area contributed by atoms with E-state index in [-0.39, 0.29) is 34.1 Å². The summed E-state index contributed by atoms with van der Waals surface area (Å²) in [5.41, 5.74) is 6.26. The molecule has 0 spiro atoms. The van der Waals surface area contributed by atoms with Gasteiger partial charge in [0, 0.05) is 23.6 Å². The summed E-state index contributed by atoms with van der Waals surface area (Å²) in [7, 11) is -6.87. The Morgan fingerprint density at radius 3 is 2.19 bits per heavy atom. The predicted molar refractivity (Wildman–Crippen MR) is 103 cm³/mol. The molecule has 4 N–H and O–H groups in total. The van der Waals surface area contributed by atoms with Crippen molar-refractivity contribution in [3.8, 4) is 0 Å². The van der Waals surface area contributed by atoms with Gasteiger partial charge in [-0.2, -0.15) is 16.8 Å². The summed E-state index contributed by atoms with van der Waals surface area (Å²) in [6.45, 7) is 0. The van der Waals surface area contributed by atoms with E-state index in [2.05, 4.69) is 5.32 Å². The Morgan fingerprint density at radius 2 is 1.70 bits per heavy atom. The number of hydrogen-bond acceptors (Lipinski definition) is 6. The standard InChI is InChI=1S/C16H15ClN2O6S2/c17-8-7-14(26(21)22)10-1-3-11(4-2-10)16(20)19-12-5-6-15(13(18)9-12)27(23,24)25/h1-6,9H,7-8,18H2,(H,19,20)(H,23,24,25). The monoisotopic (exact) mass is 430 g/mol. The molecule has 0 unspecified atom stereocenters.